The van der Waals surface area contributed by atoms with Crippen molar-refractivity contribution >= 4 is 40.9 Å². The lowest BCUT2D eigenvalue weighted by Crippen LogP contribution is -2.58. The van der Waals surface area contributed by atoms with E-state index >= 15 is 0 Å². The van der Waals surface area contributed by atoms with E-state index in [0.29, 0.717) is 34.5 Å². The first kappa shape index (κ1) is 36.2. The van der Waals surface area contributed by atoms with Gasteiger partial charge in [-0.05, 0) is 50.2 Å². The molecule has 0 radical (unpaired) electrons. The molecule has 6 unspecified atom stereocenters. The first-order valence-electron chi connectivity index (χ1n) is 16.2. The molecule has 0 saturated carbocycles. The van der Waals surface area contributed by atoms with E-state index in [2.05, 4.69) is 20.7 Å². The molecule has 3 N–H and O–H groups in total. The monoisotopic (exact) mass is 774 g/mol. The Hall–Kier alpha value is -4.22. The quantitative estimate of drug-likeness (QED) is 0.129. The molecule has 2 aliphatic heterocycles. The van der Waals surface area contributed by atoms with Gasteiger partial charge in [0.1, 0.15) is 46.4 Å². The van der Waals surface area contributed by atoms with Gasteiger partial charge in [-0.15, -0.1) is 5.10 Å². The summed E-state index contributed by atoms with van der Waals surface area (Å²) < 4.78 is 57.5. The fourth-order valence-corrected chi connectivity index (χ4v) is 6.65. The van der Waals surface area contributed by atoms with E-state index in [0.717, 1.165) is 17.7 Å². The normalized spacial score (nSPS) is 22.9. The number of hydrogen-bond donors (Lipinski definition) is 2. The Morgan fingerprint density at radius 2 is 1.85 bits per heavy atom. The summed E-state index contributed by atoms with van der Waals surface area (Å²) >= 11 is 18.7. The van der Waals surface area contributed by atoms with Gasteiger partial charge < -0.3 is 30.0 Å². The van der Waals surface area contributed by atoms with Gasteiger partial charge in [-0.2, -0.15) is 5.10 Å². The summed E-state index contributed by atoms with van der Waals surface area (Å²) in [6.07, 6.45) is -3.69. The standard InChI is InChI=1S/C34H31Cl3F2N8O5/c1-17-42-32(47(44-17)25-14-20(35)8-9-21(25)36)31-30(52-34(48)41-11-5-10-40)28(29-26(50-31)16-49-33(51-29)18-6-3-2-4-7-18)46-15-24(43-45-46)19-12-22(38)27(37)23(39)13-19/h2-4,6-9,12-15,26,28-31,33H,5,10-11,16,40H2,1H3,(H,41,48). The molecular weight excluding hydrogens is 745 g/mol. The van der Waals surface area contributed by atoms with Gasteiger partial charge >= 0.3 is 6.09 Å². The van der Waals surface area contributed by atoms with Gasteiger partial charge in [-0.25, -0.2) is 27.9 Å². The maximum absolute atomic E-state index is 14.5. The largest absolute Gasteiger partial charge is 0.441 e. The van der Waals surface area contributed by atoms with Gasteiger partial charge in [-0.3, -0.25) is 0 Å². The smallest absolute Gasteiger partial charge is 0.407 e. The number of hydrogen-bond acceptors (Lipinski definition) is 10. The van der Waals surface area contributed by atoms with E-state index in [-0.39, 0.29) is 30.2 Å². The fraction of sp³-hybridized carbons (Fsp3) is 0.324. The van der Waals surface area contributed by atoms with Crippen molar-refractivity contribution in [1.82, 2.24) is 35.1 Å². The van der Waals surface area contributed by atoms with Crippen LogP contribution in [-0.4, -0.2) is 73.9 Å². The molecule has 5 aromatic rings. The van der Waals surface area contributed by atoms with Crippen LogP contribution in [0.5, 0.6) is 0 Å². The molecule has 2 aliphatic rings. The van der Waals surface area contributed by atoms with Crippen molar-refractivity contribution in [2.45, 2.75) is 50.1 Å². The lowest BCUT2D eigenvalue weighted by atomic mass is 9.90. The van der Waals surface area contributed by atoms with Crippen molar-refractivity contribution in [2.75, 3.05) is 19.7 Å². The zero-order valence-electron chi connectivity index (χ0n) is 27.3. The Bertz CT molecular complexity index is 2050. The van der Waals surface area contributed by atoms with Crippen molar-refractivity contribution in [3.63, 3.8) is 0 Å². The number of rotatable bonds is 9. The van der Waals surface area contributed by atoms with Crippen LogP contribution >= 0.6 is 34.8 Å². The van der Waals surface area contributed by atoms with Crippen LogP contribution < -0.4 is 11.1 Å². The molecule has 272 valence electrons. The van der Waals surface area contributed by atoms with Gasteiger partial charge in [0.15, 0.2) is 24.3 Å². The highest BCUT2D eigenvalue weighted by molar-refractivity contribution is 6.34. The van der Waals surface area contributed by atoms with E-state index in [9.17, 15) is 13.6 Å². The summed E-state index contributed by atoms with van der Waals surface area (Å²) in [4.78, 5) is 18.2. The molecule has 4 heterocycles. The minimum atomic E-state index is -1.23. The zero-order chi connectivity index (χ0) is 36.5. The number of carbonyl (C=O) groups is 1. The maximum Gasteiger partial charge on any atom is 0.407 e. The summed E-state index contributed by atoms with van der Waals surface area (Å²) in [7, 11) is 0. The predicted octanol–water partition coefficient (Wildman–Crippen LogP) is 6.31. The van der Waals surface area contributed by atoms with Crippen LogP contribution in [0.25, 0.3) is 16.9 Å². The second-order valence-electron chi connectivity index (χ2n) is 12.1. The third-order valence-electron chi connectivity index (χ3n) is 8.54. The molecule has 18 heteroatoms. The SMILES string of the molecule is Cc1nc(C2OC3COC(c4ccccc4)OC3C(n3cc(-c4cc(F)c(Cl)c(F)c4)nn3)C2OC(=O)NCCCN)n(-c2cc(Cl)ccc2Cl)n1. The van der Waals surface area contributed by atoms with Crippen LogP contribution in [0.1, 0.15) is 42.1 Å². The Morgan fingerprint density at radius 1 is 1.08 bits per heavy atom. The number of nitrogens with one attached hydrogen (secondary N) is 1. The first-order valence-corrected chi connectivity index (χ1v) is 17.3. The number of alkyl carbamates (subject to hydrolysis) is 1. The van der Waals surface area contributed by atoms with Gasteiger partial charge in [0.2, 0.25) is 0 Å². The number of amides is 1. The predicted molar refractivity (Wildman–Crippen MR) is 185 cm³/mol. The van der Waals surface area contributed by atoms with Crippen LogP contribution in [-0.2, 0) is 18.9 Å². The number of fused-ring (bicyclic) bond motifs is 1. The third kappa shape index (κ3) is 7.35. The summed E-state index contributed by atoms with van der Waals surface area (Å²) in [6.45, 7) is 2.31. The van der Waals surface area contributed by atoms with Crippen LogP contribution in [0.2, 0.25) is 15.1 Å². The van der Waals surface area contributed by atoms with Crippen LogP contribution in [0.3, 0.4) is 0 Å². The highest BCUT2D eigenvalue weighted by Crippen LogP contribution is 2.46. The summed E-state index contributed by atoms with van der Waals surface area (Å²) in [5.41, 5.74) is 6.96. The number of nitrogens with two attached hydrogens (primary N) is 1. The van der Waals surface area contributed by atoms with Gasteiger partial charge in [0.05, 0.1) is 23.5 Å². The average molecular weight is 776 g/mol. The topological polar surface area (TPSA) is 153 Å². The number of aromatic nitrogens is 6. The van der Waals surface area contributed by atoms with E-state index in [1.54, 1.807) is 25.1 Å². The molecule has 2 fully saturated rings. The molecule has 52 heavy (non-hydrogen) atoms. The molecule has 6 atom stereocenters. The van der Waals surface area contributed by atoms with Gasteiger partial charge in [0, 0.05) is 22.7 Å². The summed E-state index contributed by atoms with van der Waals surface area (Å²) in [6, 6.07) is 15.2. The Morgan fingerprint density at radius 3 is 2.60 bits per heavy atom. The highest BCUT2D eigenvalue weighted by atomic mass is 35.5. The number of carbonyl (C=O) groups excluding carboxylic acids is 1. The van der Waals surface area contributed by atoms with Crippen molar-refractivity contribution in [3.05, 3.63) is 111 Å². The zero-order valence-corrected chi connectivity index (χ0v) is 29.6. The highest BCUT2D eigenvalue weighted by Gasteiger charge is 2.55. The molecule has 13 nitrogen and oxygen atoms in total. The average Bonchev–Trinajstić information content (AvgIpc) is 3.78. The second-order valence-corrected chi connectivity index (χ2v) is 13.3. The summed E-state index contributed by atoms with van der Waals surface area (Å²) in [5, 5.41) is 15.9. The van der Waals surface area contributed by atoms with Crippen LogP contribution in [0.4, 0.5) is 13.6 Å². The number of halogens is 5. The van der Waals surface area contributed by atoms with E-state index in [4.69, 9.17) is 64.5 Å². The molecule has 0 spiro atoms. The number of aryl methyl sites for hydroxylation is 1. The first-order chi connectivity index (χ1) is 25.1. The van der Waals surface area contributed by atoms with Crippen molar-refractivity contribution < 1.29 is 32.5 Å². The second kappa shape index (κ2) is 15.4. The lowest BCUT2D eigenvalue weighted by Gasteiger charge is -2.48. The number of nitrogens with zero attached hydrogens (tertiary/aromatic N) is 6. The molecule has 3 aromatic carbocycles. The molecule has 2 aromatic heterocycles. The number of ether oxygens (including phenoxy) is 4. The fourth-order valence-electron chi connectivity index (χ4n) is 6.18. The van der Waals surface area contributed by atoms with E-state index < -0.39 is 59.5 Å². The minimum absolute atomic E-state index is 0.0485. The Kier molecular flexibility index (Phi) is 10.7. The maximum atomic E-state index is 14.5. The molecule has 2 saturated heterocycles. The molecule has 0 aliphatic carbocycles. The Labute approximate surface area is 310 Å². The van der Waals surface area contributed by atoms with Crippen LogP contribution in [0, 0.1) is 18.6 Å². The van der Waals surface area contributed by atoms with Crippen molar-refractivity contribution in [2.24, 2.45) is 5.73 Å². The summed E-state index contributed by atoms with van der Waals surface area (Å²) in [5.74, 6) is -1.37. The molecule has 1 amide bonds. The molecule has 7 rings (SSSR count). The van der Waals surface area contributed by atoms with E-state index in [1.165, 1.54) is 15.6 Å². The van der Waals surface area contributed by atoms with E-state index in [1.807, 2.05) is 30.3 Å². The molecular formula is C34H31Cl3F2N8O5. The van der Waals surface area contributed by atoms with Gasteiger partial charge in [0.25, 0.3) is 0 Å². The van der Waals surface area contributed by atoms with Crippen molar-refractivity contribution in [1.29, 1.82) is 0 Å². The number of benzene rings is 3. The van der Waals surface area contributed by atoms with Gasteiger partial charge in [-0.1, -0.05) is 70.3 Å². The third-order valence-corrected chi connectivity index (χ3v) is 9.46. The lowest BCUT2D eigenvalue weighted by molar-refractivity contribution is -0.318. The van der Waals surface area contributed by atoms with Crippen molar-refractivity contribution in [3.8, 4) is 16.9 Å². The molecule has 0 bridgehead atoms. The van der Waals surface area contributed by atoms with Crippen LogP contribution in [0.15, 0.2) is 66.9 Å². The Balaban J connectivity index is 1.36. The minimum Gasteiger partial charge on any atom is -0.441 e.